The standard InChI is InChI=1S/C21H24N4O3/c1-2-5-18(21(27)28)19(20-22-24-25-23-20)12-16-6-3-4-7-17(16)15-10-8-14(13-26)9-11-15/h3-4,6-11,18-19,26H,2,5,12-13H2,1H3,(H,27,28)(H,22,23,24,25)/t18-,19-/m0/s1. The second-order valence-electron chi connectivity index (χ2n) is 6.83. The number of aliphatic hydroxyl groups is 1. The van der Waals surface area contributed by atoms with Crippen molar-refractivity contribution in [3.05, 3.63) is 65.5 Å². The molecule has 146 valence electrons. The van der Waals surface area contributed by atoms with E-state index in [9.17, 15) is 15.0 Å². The number of carboxylic acids is 1. The average Bonchev–Trinajstić information content (AvgIpc) is 3.25. The van der Waals surface area contributed by atoms with Gasteiger partial charge < -0.3 is 10.2 Å². The van der Waals surface area contributed by atoms with Crippen LogP contribution in [-0.4, -0.2) is 36.8 Å². The summed E-state index contributed by atoms with van der Waals surface area (Å²) >= 11 is 0. The zero-order chi connectivity index (χ0) is 19.9. The predicted molar refractivity (Wildman–Crippen MR) is 104 cm³/mol. The number of nitrogens with zero attached hydrogens (tertiary/aromatic N) is 3. The molecule has 0 aliphatic heterocycles. The minimum Gasteiger partial charge on any atom is -0.481 e. The Morgan fingerprint density at radius 1 is 1.14 bits per heavy atom. The first-order chi connectivity index (χ1) is 13.6. The number of H-pyrrole nitrogens is 1. The molecule has 2 aromatic carbocycles. The molecule has 0 aliphatic rings. The highest BCUT2D eigenvalue weighted by Gasteiger charge is 2.32. The maximum atomic E-state index is 11.9. The van der Waals surface area contributed by atoms with Crippen LogP contribution >= 0.6 is 0 Å². The van der Waals surface area contributed by atoms with Crippen molar-refractivity contribution in [3.8, 4) is 11.1 Å². The van der Waals surface area contributed by atoms with Gasteiger partial charge in [-0.1, -0.05) is 67.1 Å². The van der Waals surface area contributed by atoms with Crippen LogP contribution < -0.4 is 0 Å². The SMILES string of the molecule is CCC[C@H](C(=O)O)[C@H](Cc1ccccc1-c1ccc(CO)cc1)c1nn[nH]n1. The second-order valence-corrected chi connectivity index (χ2v) is 6.83. The maximum absolute atomic E-state index is 11.9. The first kappa shape index (κ1) is 19.7. The Labute approximate surface area is 163 Å². The van der Waals surface area contributed by atoms with Crippen LogP contribution in [0.3, 0.4) is 0 Å². The Hall–Kier alpha value is -3.06. The molecule has 0 unspecified atom stereocenters. The molecule has 3 aromatic rings. The van der Waals surface area contributed by atoms with Gasteiger partial charge in [0.05, 0.1) is 12.5 Å². The van der Waals surface area contributed by atoms with E-state index in [1.165, 1.54) is 0 Å². The molecule has 1 heterocycles. The zero-order valence-corrected chi connectivity index (χ0v) is 15.7. The maximum Gasteiger partial charge on any atom is 0.307 e. The molecule has 0 fully saturated rings. The fraction of sp³-hybridized carbons (Fsp3) is 0.333. The molecule has 0 saturated carbocycles. The number of hydrogen-bond donors (Lipinski definition) is 3. The summed E-state index contributed by atoms with van der Waals surface area (Å²) in [4.78, 5) is 11.9. The Morgan fingerprint density at radius 2 is 1.89 bits per heavy atom. The fourth-order valence-electron chi connectivity index (χ4n) is 3.55. The van der Waals surface area contributed by atoms with Gasteiger partial charge in [0.2, 0.25) is 0 Å². The molecule has 1 aromatic heterocycles. The highest BCUT2D eigenvalue weighted by atomic mass is 16.4. The Balaban J connectivity index is 1.98. The fourth-order valence-corrected chi connectivity index (χ4v) is 3.55. The van der Waals surface area contributed by atoms with Gasteiger partial charge in [-0.15, -0.1) is 10.2 Å². The van der Waals surface area contributed by atoms with Gasteiger partial charge in [0.15, 0.2) is 5.82 Å². The number of aromatic nitrogens is 4. The summed E-state index contributed by atoms with van der Waals surface area (Å²) in [6, 6.07) is 15.6. The van der Waals surface area contributed by atoms with Crippen LogP contribution in [0.15, 0.2) is 48.5 Å². The number of benzene rings is 2. The third-order valence-corrected chi connectivity index (χ3v) is 5.00. The molecule has 0 spiro atoms. The van der Waals surface area contributed by atoms with Crippen LogP contribution in [0.5, 0.6) is 0 Å². The van der Waals surface area contributed by atoms with Crippen LogP contribution in [0.1, 0.15) is 42.6 Å². The Kier molecular flexibility index (Phi) is 6.49. The lowest BCUT2D eigenvalue weighted by Gasteiger charge is -2.22. The van der Waals surface area contributed by atoms with Crippen LogP contribution in [0.25, 0.3) is 11.1 Å². The molecular weight excluding hydrogens is 356 g/mol. The first-order valence-corrected chi connectivity index (χ1v) is 9.38. The van der Waals surface area contributed by atoms with Crippen LogP contribution in [-0.2, 0) is 17.8 Å². The van der Waals surface area contributed by atoms with Crippen molar-refractivity contribution in [2.24, 2.45) is 5.92 Å². The summed E-state index contributed by atoms with van der Waals surface area (Å²) in [5.41, 5.74) is 3.92. The second kappa shape index (κ2) is 9.23. The minimum absolute atomic E-state index is 0.000855. The number of rotatable bonds is 9. The monoisotopic (exact) mass is 380 g/mol. The number of hydrogen-bond acceptors (Lipinski definition) is 5. The highest BCUT2D eigenvalue weighted by molar-refractivity contribution is 5.72. The minimum atomic E-state index is -0.846. The zero-order valence-electron chi connectivity index (χ0n) is 15.7. The van der Waals surface area contributed by atoms with E-state index in [1.54, 1.807) is 0 Å². The van der Waals surface area contributed by atoms with Crippen LogP contribution in [0.2, 0.25) is 0 Å². The number of nitrogens with one attached hydrogen (secondary N) is 1. The summed E-state index contributed by atoms with van der Waals surface area (Å²) in [6.07, 6.45) is 1.80. The van der Waals surface area contributed by atoms with Crippen molar-refractivity contribution in [1.82, 2.24) is 20.6 Å². The lowest BCUT2D eigenvalue weighted by Crippen LogP contribution is -2.25. The summed E-state index contributed by atoms with van der Waals surface area (Å²) in [5.74, 6) is -1.39. The largest absolute Gasteiger partial charge is 0.481 e. The molecule has 3 N–H and O–H groups in total. The molecule has 7 nitrogen and oxygen atoms in total. The number of carbonyl (C=O) groups is 1. The molecule has 3 rings (SSSR count). The molecule has 28 heavy (non-hydrogen) atoms. The topological polar surface area (TPSA) is 112 Å². The normalized spacial score (nSPS) is 13.2. The van der Waals surface area contributed by atoms with Crippen molar-refractivity contribution in [3.63, 3.8) is 0 Å². The number of aliphatic carboxylic acids is 1. The van der Waals surface area contributed by atoms with E-state index in [4.69, 9.17) is 0 Å². The Bertz CT molecular complexity index is 894. The third-order valence-electron chi connectivity index (χ3n) is 5.00. The molecule has 0 radical (unpaired) electrons. The van der Waals surface area contributed by atoms with Gasteiger partial charge in [0.1, 0.15) is 0 Å². The predicted octanol–water partition coefficient (Wildman–Crippen LogP) is 3.19. The number of tetrazole rings is 1. The summed E-state index contributed by atoms with van der Waals surface area (Å²) in [6.45, 7) is 1.97. The van der Waals surface area contributed by atoms with Gasteiger partial charge in [0.25, 0.3) is 0 Å². The van der Waals surface area contributed by atoms with Gasteiger partial charge in [0, 0.05) is 5.92 Å². The van der Waals surface area contributed by atoms with E-state index in [0.717, 1.165) is 28.7 Å². The van der Waals surface area contributed by atoms with Crippen molar-refractivity contribution in [1.29, 1.82) is 0 Å². The molecule has 7 heteroatoms. The smallest absolute Gasteiger partial charge is 0.307 e. The van der Waals surface area contributed by atoms with Crippen molar-refractivity contribution >= 4 is 5.97 Å². The van der Waals surface area contributed by atoms with Gasteiger partial charge in [-0.3, -0.25) is 4.79 Å². The van der Waals surface area contributed by atoms with Gasteiger partial charge in [-0.05, 0) is 35.1 Å². The summed E-state index contributed by atoms with van der Waals surface area (Å²) in [7, 11) is 0. The molecule has 0 amide bonds. The quantitative estimate of drug-likeness (QED) is 0.526. The van der Waals surface area contributed by atoms with E-state index in [0.29, 0.717) is 18.7 Å². The van der Waals surface area contributed by atoms with Crippen LogP contribution in [0, 0.1) is 5.92 Å². The molecule has 0 bridgehead atoms. The summed E-state index contributed by atoms with van der Waals surface area (Å²) in [5, 5.41) is 33.3. The van der Waals surface area contributed by atoms with Crippen molar-refractivity contribution < 1.29 is 15.0 Å². The van der Waals surface area contributed by atoms with Crippen molar-refractivity contribution in [2.75, 3.05) is 0 Å². The molecule has 0 aliphatic carbocycles. The van der Waals surface area contributed by atoms with E-state index >= 15 is 0 Å². The number of aromatic amines is 1. The van der Waals surface area contributed by atoms with Gasteiger partial charge >= 0.3 is 5.97 Å². The summed E-state index contributed by atoms with van der Waals surface area (Å²) < 4.78 is 0. The highest BCUT2D eigenvalue weighted by Crippen LogP contribution is 2.33. The Morgan fingerprint density at radius 3 is 2.50 bits per heavy atom. The number of carboxylic acid groups (broad SMARTS) is 1. The van der Waals surface area contributed by atoms with E-state index in [1.807, 2.05) is 55.5 Å². The van der Waals surface area contributed by atoms with Crippen LogP contribution in [0.4, 0.5) is 0 Å². The van der Waals surface area contributed by atoms with E-state index < -0.39 is 11.9 Å². The van der Waals surface area contributed by atoms with Crippen molar-refractivity contribution in [2.45, 2.75) is 38.7 Å². The lowest BCUT2D eigenvalue weighted by molar-refractivity contribution is -0.142. The third kappa shape index (κ3) is 4.43. The average molecular weight is 380 g/mol. The van der Waals surface area contributed by atoms with E-state index in [2.05, 4.69) is 20.6 Å². The van der Waals surface area contributed by atoms with E-state index in [-0.39, 0.29) is 12.5 Å². The molecule has 0 saturated heterocycles. The number of aliphatic hydroxyl groups excluding tert-OH is 1. The lowest BCUT2D eigenvalue weighted by atomic mass is 9.81. The van der Waals surface area contributed by atoms with Gasteiger partial charge in [-0.25, -0.2) is 0 Å². The molecular formula is C21H24N4O3. The first-order valence-electron chi connectivity index (χ1n) is 9.38. The van der Waals surface area contributed by atoms with Gasteiger partial charge in [-0.2, -0.15) is 5.21 Å². The molecule has 2 atom stereocenters.